The number of alkyl halides is 3. The molecule has 0 fully saturated rings. The summed E-state index contributed by atoms with van der Waals surface area (Å²) in [5, 5.41) is 7.80. The van der Waals surface area contributed by atoms with Crippen molar-refractivity contribution in [1.29, 1.82) is 0 Å². The summed E-state index contributed by atoms with van der Waals surface area (Å²) in [5.41, 5.74) is 3.84. The molecule has 0 amide bonds. The van der Waals surface area contributed by atoms with E-state index in [2.05, 4.69) is 24.9 Å². The standard InChI is InChI=1S/C17H12F3N5O/c1-9-12(4-3-5-21-9)13-6-11(26-17(18,19)20)7-14-15(13)23-10(2)16-24-22-8-25(14)16/h3-8H,1-2H3. The smallest absolute Gasteiger partial charge is 0.406 e. The van der Waals surface area contributed by atoms with Crippen LogP contribution in [0.3, 0.4) is 0 Å². The molecule has 0 N–H and O–H groups in total. The van der Waals surface area contributed by atoms with Gasteiger partial charge in [0.25, 0.3) is 0 Å². The summed E-state index contributed by atoms with van der Waals surface area (Å²) in [5.74, 6) is -0.344. The van der Waals surface area contributed by atoms with E-state index in [-0.39, 0.29) is 5.75 Å². The van der Waals surface area contributed by atoms with Crippen LogP contribution in [0.4, 0.5) is 13.2 Å². The second-order valence-corrected chi connectivity index (χ2v) is 5.74. The van der Waals surface area contributed by atoms with E-state index in [1.54, 1.807) is 36.6 Å². The van der Waals surface area contributed by atoms with Crippen LogP contribution in [0, 0.1) is 13.8 Å². The van der Waals surface area contributed by atoms with Crippen LogP contribution in [0.1, 0.15) is 11.4 Å². The minimum atomic E-state index is -4.81. The van der Waals surface area contributed by atoms with Crippen molar-refractivity contribution in [1.82, 2.24) is 24.6 Å². The van der Waals surface area contributed by atoms with Crippen LogP contribution in [0.2, 0.25) is 0 Å². The molecule has 0 bridgehead atoms. The lowest BCUT2D eigenvalue weighted by molar-refractivity contribution is -0.274. The van der Waals surface area contributed by atoms with Crippen LogP contribution in [-0.4, -0.2) is 30.9 Å². The van der Waals surface area contributed by atoms with E-state index in [1.165, 1.54) is 18.5 Å². The van der Waals surface area contributed by atoms with Gasteiger partial charge >= 0.3 is 6.36 Å². The first-order chi connectivity index (χ1) is 12.3. The second-order valence-electron chi connectivity index (χ2n) is 5.74. The number of hydrogen-bond acceptors (Lipinski definition) is 5. The molecule has 9 heteroatoms. The Morgan fingerprint density at radius 3 is 2.62 bits per heavy atom. The summed E-state index contributed by atoms with van der Waals surface area (Å²) in [7, 11) is 0. The van der Waals surface area contributed by atoms with Gasteiger partial charge in [-0.25, -0.2) is 4.98 Å². The summed E-state index contributed by atoms with van der Waals surface area (Å²) in [6.45, 7) is 3.55. The molecule has 0 saturated carbocycles. The van der Waals surface area contributed by atoms with Crippen LogP contribution >= 0.6 is 0 Å². The van der Waals surface area contributed by atoms with Crippen LogP contribution < -0.4 is 4.74 Å². The highest BCUT2D eigenvalue weighted by atomic mass is 19.4. The number of hydrogen-bond donors (Lipinski definition) is 0. The Bertz CT molecular complexity index is 1140. The Hall–Kier alpha value is -3.23. The number of benzene rings is 1. The Morgan fingerprint density at radius 2 is 1.88 bits per heavy atom. The molecule has 3 heterocycles. The van der Waals surface area contributed by atoms with Gasteiger partial charge in [-0.2, -0.15) is 0 Å². The van der Waals surface area contributed by atoms with Gasteiger partial charge in [0, 0.05) is 29.1 Å². The number of fused-ring (bicyclic) bond motifs is 3. The normalized spacial score (nSPS) is 12.0. The first kappa shape index (κ1) is 16.2. The number of aromatic nitrogens is 5. The largest absolute Gasteiger partial charge is 0.573 e. The number of halogens is 3. The highest BCUT2D eigenvalue weighted by molar-refractivity contribution is 5.95. The van der Waals surface area contributed by atoms with Crippen molar-refractivity contribution >= 4 is 16.7 Å². The summed E-state index contributed by atoms with van der Waals surface area (Å²) in [4.78, 5) is 8.76. The van der Waals surface area contributed by atoms with Crippen LogP contribution in [-0.2, 0) is 0 Å². The molecule has 0 aliphatic heterocycles. The lowest BCUT2D eigenvalue weighted by atomic mass is 10.0. The topological polar surface area (TPSA) is 65.2 Å². The van der Waals surface area contributed by atoms with Gasteiger partial charge in [0.2, 0.25) is 0 Å². The first-order valence-corrected chi connectivity index (χ1v) is 7.65. The molecule has 0 saturated heterocycles. The van der Waals surface area contributed by atoms with Crippen molar-refractivity contribution in [3.8, 4) is 16.9 Å². The third kappa shape index (κ3) is 2.71. The van der Waals surface area contributed by atoms with E-state index in [1.807, 2.05) is 0 Å². The molecule has 0 unspecified atom stereocenters. The van der Waals surface area contributed by atoms with E-state index >= 15 is 0 Å². The van der Waals surface area contributed by atoms with Gasteiger partial charge in [-0.1, -0.05) is 6.07 Å². The fraction of sp³-hybridized carbons (Fsp3) is 0.176. The third-order valence-electron chi connectivity index (χ3n) is 4.00. The molecule has 0 aliphatic carbocycles. The molecule has 0 aliphatic rings. The van der Waals surface area contributed by atoms with Crippen molar-refractivity contribution in [2.24, 2.45) is 0 Å². The van der Waals surface area contributed by atoms with Crippen LogP contribution in [0.25, 0.3) is 27.8 Å². The SMILES string of the molecule is Cc1ncccc1-c1cc(OC(F)(F)F)cc2c1nc(C)c1nncn12. The fourth-order valence-corrected chi connectivity index (χ4v) is 2.94. The molecule has 4 rings (SSSR count). The predicted octanol–water partition coefficient (Wildman–Crippen LogP) is 3.85. The zero-order valence-corrected chi connectivity index (χ0v) is 13.7. The number of nitrogens with zero attached hydrogens (tertiary/aromatic N) is 5. The fourth-order valence-electron chi connectivity index (χ4n) is 2.94. The molecule has 1 aromatic carbocycles. The van der Waals surface area contributed by atoms with Crippen LogP contribution in [0.5, 0.6) is 5.75 Å². The lowest BCUT2D eigenvalue weighted by Gasteiger charge is -2.15. The molecular weight excluding hydrogens is 347 g/mol. The molecule has 4 aromatic rings. The van der Waals surface area contributed by atoms with Gasteiger partial charge in [-0.3, -0.25) is 9.38 Å². The molecule has 3 aromatic heterocycles. The van der Waals surface area contributed by atoms with Crippen molar-refractivity contribution in [3.05, 3.63) is 48.2 Å². The maximum absolute atomic E-state index is 12.8. The second kappa shape index (κ2) is 5.65. The Labute approximate surface area is 145 Å². The van der Waals surface area contributed by atoms with Gasteiger partial charge < -0.3 is 4.74 Å². The summed E-state index contributed by atoms with van der Waals surface area (Å²) in [6, 6.07) is 6.10. The number of ether oxygens (including phenoxy) is 1. The van der Waals surface area contributed by atoms with Crippen molar-refractivity contribution < 1.29 is 17.9 Å². The van der Waals surface area contributed by atoms with Gasteiger partial charge in [0.1, 0.15) is 12.1 Å². The van der Waals surface area contributed by atoms with E-state index in [0.29, 0.717) is 39.2 Å². The maximum Gasteiger partial charge on any atom is 0.573 e. The maximum atomic E-state index is 12.8. The minimum absolute atomic E-state index is 0.344. The molecule has 26 heavy (non-hydrogen) atoms. The van der Waals surface area contributed by atoms with Crippen molar-refractivity contribution in [2.75, 3.05) is 0 Å². The average molecular weight is 359 g/mol. The monoisotopic (exact) mass is 359 g/mol. The van der Waals surface area contributed by atoms with Gasteiger partial charge in [-0.05, 0) is 26.0 Å². The predicted molar refractivity (Wildman–Crippen MR) is 87.7 cm³/mol. The Morgan fingerprint density at radius 1 is 1.08 bits per heavy atom. The lowest BCUT2D eigenvalue weighted by Crippen LogP contribution is -2.17. The molecule has 0 spiro atoms. The van der Waals surface area contributed by atoms with E-state index in [0.717, 1.165) is 0 Å². The van der Waals surface area contributed by atoms with Gasteiger partial charge in [0.05, 0.1) is 16.7 Å². The van der Waals surface area contributed by atoms with Crippen molar-refractivity contribution in [3.63, 3.8) is 0 Å². The molecule has 6 nitrogen and oxygen atoms in total. The third-order valence-corrected chi connectivity index (χ3v) is 4.00. The molecular formula is C17H12F3N5O. The summed E-state index contributed by atoms with van der Waals surface area (Å²) in [6.07, 6.45) is -1.75. The highest BCUT2D eigenvalue weighted by Crippen LogP contribution is 2.35. The van der Waals surface area contributed by atoms with E-state index in [9.17, 15) is 13.2 Å². The van der Waals surface area contributed by atoms with E-state index in [4.69, 9.17) is 0 Å². The highest BCUT2D eigenvalue weighted by Gasteiger charge is 2.32. The number of rotatable bonds is 2. The van der Waals surface area contributed by atoms with Crippen LogP contribution in [0.15, 0.2) is 36.8 Å². The average Bonchev–Trinajstić information content (AvgIpc) is 3.05. The number of aryl methyl sites for hydroxylation is 2. The quantitative estimate of drug-likeness (QED) is 0.544. The summed E-state index contributed by atoms with van der Waals surface area (Å²) >= 11 is 0. The van der Waals surface area contributed by atoms with Crippen molar-refractivity contribution in [2.45, 2.75) is 20.2 Å². The molecule has 0 radical (unpaired) electrons. The number of pyridine rings is 1. The summed E-state index contributed by atoms with van der Waals surface area (Å²) < 4.78 is 44.1. The zero-order valence-electron chi connectivity index (χ0n) is 13.7. The Balaban J connectivity index is 2.11. The molecule has 132 valence electrons. The first-order valence-electron chi connectivity index (χ1n) is 7.65. The Kier molecular flexibility index (Phi) is 3.53. The zero-order chi connectivity index (χ0) is 18.5. The van der Waals surface area contributed by atoms with Gasteiger partial charge in [0.15, 0.2) is 5.65 Å². The minimum Gasteiger partial charge on any atom is -0.406 e. The molecule has 0 atom stereocenters. The van der Waals surface area contributed by atoms with E-state index < -0.39 is 6.36 Å². The van der Waals surface area contributed by atoms with Gasteiger partial charge in [-0.15, -0.1) is 23.4 Å².